The fraction of sp³-hybridized carbons (Fsp3) is 0.778. The van der Waals surface area contributed by atoms with Gasteiger partial charge >= 0.3 is 6.09 Å². The first-order chi connectivity index (χ1) is 6.02. The van der Waals surface area contributed by atoms with E-state index >= 15 is 0 Å². The predicted molar refractivity (Wildman–Crippen MR) is 49.5 cm³/mol. The van der Waals surface area contributed by atoms with Crippen molar-refractivity contribution in [2.24, 2.45) is 0 Å². The second kappa shape index (κ2) is 5.56. The number of ether oxygens (including phenoxy) is 1. The lowest BCUT2D eigenvalue weighted by molar-refractivity contribution is -0.111. The summed E-state index contributed by atoms with van der Waals surface area (Å²) in [5.41, 5.74) is 0. The molecule has 4 heteroatoms. The van der Waals surface area contributed by atoms with Gasteiger partial charge in [-0.05, 0) is 20.3 Å². The Morgan fingerprint density at radius 2 is 2.08 bits per heavy atom. The van der Waals surface area contributed by atoms with Crippen LogP contribution in [0.25, 0.3) is 0 Å². The molecular weight excluding hydrogens is 170 g/mol. The lowest BCUT2D eigenvalue weighted by Gasteiger charge is -2.22. The summed E-state index contributed by atoms with van der Waals surface area (Å²) in [6.45, 7) is 5.39. The summed E-state index contributed by atoms with van der Waals surface area (Å²) < 4.78 is 4.92. The Kier molecular flexibility index (Phi) is 5.11. The van der Waals surface area contributed by atoms with Crippen LogP contribution in [-0.2, 0) is 9.53 Å². The van der Waals surface area contributed by atoms with Crippen LogP contribution in [0.3, 0.4) is 0 Å². The molecule has 1 unspecified atom stereocenters. The van der Waals surface area contributed by atoms with E-state index in [0.717, 1.165) is 6.29 Å². The standard InChI is InChI=1S/C9H17NO3/c1-5-8(6-11)10(4)9(12)13-7(2)3/h6-8H,5H2,1-4H3. The van der Waals surface area contributed by atoms with E-state index in [4.69, 9.17) is 4.74 Å². The van der Waals surface area contributed by atoms with Crippen molar-refractivity contribution < 1.29 is 14.3 Å². The molecule has 0 saturated heterocycles. The van der Waals surface area contributed by atoms with Crippen molar-refractivity contribution >= 4 is 12.4 Å². The highest BCUT2D eigenvalue weighted by atomic mass is 16.6. The molecule has 4 nitrogen and oxygen atoms in total. The first kappa shape index (κ1) is 11.9. The van der Waals surface area contributed by atoms with Crippen LogP contribution in [-0.4, -0.2) is 36.5 Å². The minimum Gasteiger partial charge on any atom is -0.447 e. The maximum Gasteiger partial charge on any atom is 0.410 e. The Labute approximate surface area is 78.9 Å². The van der Waals surface area contributed by atoms with Gasteiger partial charge in [0.1, 0.15) is 6.29 Å². The van der Waals surface area contributed by atoms with E-state index in [2.05, 4.69) is 0 Å². The van der Waals surface area contributed by atoms with Crippen LogP contribution in [0, 0.1) is 0 Å². The van der Waals surface area contributed by atoms with Gasteiger partial charge in [0.25, 0.3) is 0 Å². The number of hydrogen-bond donors (Lipinski definition) is 0. The Balaban J connectivity index is 4.14. The zero-order valence-electron chi connectivity index (χ0n) is 8.61. The maximum absolute atomic E-state index is 11.3. The molecule has 0 bridgehead atoms. The number of hydrogen-bond acceptors (Lipinski definition) is 3. The Bertz CT molecular complexity index is 180. The van der Waals surface area contributed by atoms with Crippen molar-refractivity contribution in [3.63, 3.8) is 0 Å². The summed E-state index contributed by atoms with van der Waals surface area (Å²) >= 11 is 0. The lowest BCUT2D eigenvalue weighted by atomic mass is 10.2. The van der Waals surface area contributed by atoms with E-state index in [-0.39, 0.29) is 12.1 Å². The molecule has 0 rings (SSSR count). The molecule has 0 spiro atoms. The Hall–Kier alpha value is -1.06. The highest BCUT2D eigenvalue weighted by Gasteiger charge is 2.19. The van der Waals surface area contributed by atoms with Crippen molar-refractivity contribution in [3.05, 3.63) is 0 Å². The zero-order valence-corrected chi connectivity index (χ0v) is 8.61. The first-order valence-corrected chi connectivity index (χ1v) is 4.41. The minimum atomic E-state index is -0.450. The van der Waals surface area contributed by atoms with Gasteiger partial charge < -0.3 is 14.4 Å². The Morgan fingerprint density at radius 3 is 2.38 bits per heavy atom. The molecule has 1 amide bonds. The molecule has 0 heterocycles. The summed E-state index contributed by atoms with van der Waals surface area (Å²) in [6, 6.07) is -0.383. The van der Waals surface area contributed by atoms with Gasteiger partial charge in [0.05, 0.1) is 12.1 Å². The average molecular weight is 187 g/mol. The van der Waals surface area contributed by atoms with E-state index < -0.39 is 6.09 Å². The largest absolute Gasteiger partial charge is 0.447 e. The number of carbonyl (C=O) groups is 2. The number of rotatable bonds is 4. The van der Waals surface area contributed by atoms with Crippen LogP contribution in [0.4, 0.5) is 4.79 Å². The van der Waals surface area contributed by atoms with Crippen LogP contribution < -0.4 is 0 Å². The van der Waals surface area contributed by atoms with E-state index in [0.29, 0.717) is 6.42 Å². The third-order valence-corrected chi connectivity index (χ3v) is 1.70. The summed E-state index contributed by atoms with van der Waals surface area (Å²) in [5, 5.41) is 0. The number of likely N-dealkylation sites (N-methyl/N-ethyl adjacent to an activating group) is 1. The van der Waals surface area contributed by atoms with Crippen molar-refractivity contribution in [3.8, 4) is 0 Å². The van der Waals surface area contributed by atoms with Crippen LogP contribution >= 0.6 is 0 Å². The molecule has 0 aliphatic rings. The molecule has 0 aromatic carbocycles. The predicted octanol–water partition coefficient (Wildman–Crippen LogP) is 1.44. The van der Waals surface area contributed by atoms with Gasteiger partial charge in [0.2, 0.25) is 0 Å². The second-order valence-electron chi connectivity index (χ2n) is 3.16. The van der Waals surface area contributed by atoms with Crippen LogP contribution in [0.15, 0.2) is 0 Å². The van der Waals surface area contributed by atoms with Gasteiger partial charge in [0, 0.05) is 7.05 Å². The van der Waals surface area contributed by atoms with Crippen molar-refractivity contribution in [2.75, 3.05) is 7.05 Å². The molecule has 0 radical (unpaired) electrons. The maximum atomic E-state index is 11.3. The first-order valence-electron chi connectivity index (χ1n) is 4.41. The number of nitrogens with zero attached hydrogens (tertiary/aromatic N) is 1. The molecule has 0 fully saturated rings. The molecule has 0 N–H and O–H groups in total. The minimum absolute atomic E-state index is 0.154. The molecule has 0 aliphatic heterocycles. The molecule has 0 aromatic heterocycles. The van der Waals surface area contributed by atoms with Gasteiger partial charge in [-0.25, -0.2) is 4.79 Å². The molecule has 76 valence electrons. The molecular formula is C9H17NO3. The summed E-state index contributed by atoms with van der Waals surface area (Å²) in [4.78, 5) is 23.1. The highest BCUT2D eigenvalue weighted by Crippen LogP contribution is 2.02. The summed E-state index contributed by atoms with van der Waals surface area (Å²) in [5.74, 6) is 0. The van der Waals surface area contributed by atoms with Crippen molar-refractivity contribution in [2.45, 2.75) is 39.3 Å². The van der Waals surface area contributed by atoms with Crippen LogP contribution in [0.5, 0.6) is 0 Å². The normalized spacial score (nSPS) is 12.4. The second-order valence-corrected chi connectivity index (χ2v) is 3.16. The van der Waals surface area contributed by atoms with Gasteiger partial charge in [-0.3, -0.25) is 0 Å². The summed E-state index contributed by atoms with van der Waals surface area (Å²) in [6.07, 6.45) is 0.752. The number of carbonyl (C=O) groups excluding carboxylic acids is 2. The van der Waals surface area contributed by atoms with Crippen molar-refractivity contribution in [1.29, 1.82) is 0 Å². The van der Waals surface area contributed by atoms with E-state index in [9.17, 15) is 9.59 Å². The van der Waals surface area contributed by atoms with E-state index in [1.54, 1.807) is 20.9 Å². The fourth-order valence-corrected chi connectivity index (χ4v) is 0.882. The monoisotopic (exact) mass is 187 g/mol. The van der Waals surface area contributed by atoms with E-state index in [1.165, 1.54) is 4.90 Å². The topological polar surface area (TPSA) is 46.6 Å². The smallest absolute Gasteiger partial charge is 0.410 e. The van der Waals surface area contributed by atoms with Gasteiger partial charge in [-0.2, -0.15) is 0 Å². The average Bonchev–Trinajstić information content (AvgIpc) is 2.05. The van der Waals surface area contributed by atoms with Gasteiger partial charge in [-0.1, -0.05) is 6.92 Å². The molecule has 0 aliphatic carbocycles. The third kappa shape index (κ3) is 3.92. The quantitative estimate of drug-likeness (QED) is 0.626. The lowest BCUT2D eigenvalue weighted by Crippen LogP contribution is -2.39. The summed E-state index contributed by atoms with van der Waals surface area (Å²) in [7, 11) is 1.56. The highest BCUT2D eigenvalue weighted by molar-refractivity contribution is 5.73. The van der Waals surface area contributed by atoms with Crippen LogP contribution in [0.2, 0.25) is 0 Å². The molecule has 0 aromatic rings. The molecule has 0 saturated carbocycles. The van der Waals surface area contributed by atoms with Crippen molar-refractivity contribution in [1.82, 2.24) is 4.90 Å². The number of aldehydes is 1. The van der Waals surface area contributed by atoms with Gasteiger partial charge in [-0.15, -0.1) is 0 Å². The SMILES string of the molecule is CCC(C=O)N(C)C(=O)OC(C)C. The molecule has 13 heavy (non-hydrogen) atoms. The Morgan fingerprint density at radius 1 is 1.54 bits per heavy atom. The molecule has 1 atom stereocenters. The van der Waals surface area contributed by atoms with E-state index in [1.807, 2.05) is 6.92 Å². The number of amides is 1. The zero-order chi connectivity index (χ0) is 10.4. The third-order valence-electron chi connectivity index (χ3n) is 1.70. The van der Waals surface area contributed by atoms with Gasteiger partial charge in [0.15, 0.2) is 0 Å². The fourth-order valence-electron chi connectivity index (χ4n) is 0.882. The van der Waals surface area contributed by atoms with Crippen LogP contribution in [0.1, 0.15) is 27.2 Å².